The molecule has 124 valence electrons. The summed E-state index contributed by atoms with van der Waals surface area (Å²) in [5, 5.41) is 4.66. The molecular weight excluding hydrogens is 312 g/mol. The van der Waals surface area contributed by atoms with Gasteiger partial charge in [-0.3, -0.25) is 9.59 Å². The van der Waals surface area contributed by atoms with Crippen molar-refractivity contribution in [1.29, 1.82) is 0 Å². The molecule has 0 aliphatic carbocycles. The Morgan fingerprint density at radius 3 is 2.65 bits per heavy atom. The normalized spacial score (nSPS) is 10.5. The molecule has 5 nitrogen and oxygen atoms in total. The van der Waals surface area contributed by atoms with Crippen LogP contribution in [-0.2, 0) is 11.3 Å². The first-order chi connectivity index (χ1) is 11.1. The van der Waals surface area contributed by atoms with E-state index >= 15 is 0 Å². The van der Waals surface area contributed by atoms with Gasteiger partial charge >= 0.3 is 4.87 Å². The van der Waals surface area contributed by atoms with Crippen LogP contribution in [0.1, 0.15) is 24.1 Å². The van der Waals surface area contributed by atoms with E-state index in [1.165, 1.54) is 16.9 Å². The molecule has 2 rings (SSSR count). The summed E-state index contributed by atoms with van der Waals surface area (Å²) < 4.78 is 7.25. The second-order valence-corrected chi connectivity index (χ2v) is 6.23. The number of amides is 1. The van der Waals surface area contributed by atoms with Crippen LogP contribution < -0.4 is 14.9 Å². The molecule has 23 heavy (non-hydrogen) atoms. The minimum Gasteiger partial charge on any atom is -0.492 e. The van der Waals surface area contributed by atoms with Crippen LogP contribution in [0.4, 0.5) is 0 Å². The number of hydrogen-bond acceptors (Lipinski definition) is 4. The summed E-state index contributed by atoms with van der Waals surface area (Å²) >= 11 is 1.20. The van der Waals surface area contributed by atoms with Crippen molar-refractivity contribution in [3.63, 3.8) is 0 Å². The molecule has 1 aromatic heterocycles. The summed E-state index contributed by atoms with van der Waals surface area (Å²) in [4.78, 5) is 23.3. The molecule has 0 aliphatic heterocycles. The third kappa shape index (κ3) is 5.56. The Morgan fingerprint density at radius 2 is 2.00 bits per heavy atom. The van der Waals surface area contributed by atoms with Crippen LogP contribution in [0.15, 0.2) is 34.4 Å². The van der Waals surface area contributed by atoms with Crippen LogP contribution in [0.3, 0.4) is 0 Å². The van der Waals surface area contributed by atoms with Crippen molar-refractivity contribution in [3.8, 4) is 5.75 Å². The molecule has 0 radical (unpaired) electrons. The zero-order valence-electron chi connectivity index (χ0n) is 13.5. The van der Waals surface area contributed by atoms with E-state index in [1.807, 2.05) is 43.5 Å². The van der Waals surface area contributed by atoms with Crippen LogP contribution in [0.5, 0.6) is 5.75 Å². The number of aromatic nitrogens is 1. The molecule has 1 aromatic carbocycles. The van der Waals surface area contributed by atoms with E-state index in [1.54, 1.807) is 4.57 Å². The smallest absolute Gasteiger partial charge is 0.307 e. The maximum absolute atomic E-state index is 11.7. The van der Waals surface area contributed by atoms with Crippen molar-refractivity contribution in [2.45, 2.75) is 33.2 Å². The lowest BCUT2D eigenvalue weighted by molar-refractivity contribution is -0.121. The lowest BCUT2D eigenvalue weighted by atomic mass is 10.2. The Kier molecular flexibility index (Phi) is 6.40. The van der Waals surface area contributed by atoms with E-state index in [-0.39, 0.29) is 10.8 Å². The zero-order valence-corrected chi connectivity index (χ0v) is 14.3. The third-order valence-electron chi connectivity index (χ3n) is 3.48. The molecule has 6 heteroatoms. The molecule has 0 aliphatic rings. The predicted octanol–water partition coefficient (Wildman–Crippen LogP) is 2.50. The molecule has 0 unspecified atom stereocenters. The monoisotopic (exact) mass is 334 g/mol. The van der Waals surface area contributed by atoms with Crippen molar-refractivity contribution in [3.05, 3.63) is 50.6 Å². The van der Waals surface area contributed by atoms with Gasteiger partial charge in [-0.1, -0.05) is 29.0 Å². The van der Waals surface area contributed by atoms with Crippen molar-refractivity contribution in [2.75, 3.05) is 13.2 Å². The molecule has 0 bridgehead atoms. The minimum atomic E-state index is -0.0153. The highest BCUT2D eigenvalue weighted by Gasteiger charge is 2.05. The SMILES string of the molecule is Cc1ccc(OCCNC(=O)CCCn2c(C)csc2=O)cc1. The number of aryl methyl sites for hydroxylation is 2. The lowest BCUT2D eigenvalue weighted by Crippen LogP contribution is -2.28. The van der Waals surface area contributed by atoms with Crippen molar-refractivity contribution >= 4 is 17.2 Å². The third-order valence-corrected chi connectivity index (χ3v) is 4.36. The molecule has 1 amide bonds. The number of carbonyl (C=O) groups excluding carboxylic acids is 1. The molecule has 0 fully saturated rings. The van der Waals surface area contributed by atoms with E-state index in [4.69, 9.17) is 4.74 Å². The van der Waals surface area contributed by atoms with Crippen molar-refractivity contribution in [2.24, 2.45) is 0 Å². The largest absolute Gasteiger partial charge is 0.492 e. The van der Waals surface area contributed by atoms with Gasteiger partial charge in [-0.2, -0.15) is 0 Å². The van der Waals surface area contributed by atoms with Crippen LogP contribution in [0, 0.1) is 13.8 Å². The average molecular weight is 334 g/mol. The topological polar surface area (TPSA) is 60.3 Å². The molecule has 1 N–H and O–H groups in total. The predicted molar refractivity (Wildman–Crippen MR) is 92.2 cm³/mol. The van der Waals surface area contributed by atoms with Gasteiger partial charge in [0.1, 0.15) is 12.4 Å². The Morgan fingerprint density at radius 1 is 1.26 bits per heavy atom. The number of hydrogen-bond donors (Lipinski definition) is 1. The minimum absolute atomic E-state index is 0.0153. The first kappa shape index (κ1) is 17.3. The summed E-state index contributed by atoms with van der Waals surface area (Å²) in [6, 6.07) is 7.81. The highest BCUT2D eigenvalue weighted by atomic mass is 32.1. The number of carbonyl (C=O) groups is 1. The summed E-state index contributed by atoms with van der Waals surface area (Å²) in [7, 11) is 0. The second kappa shape index (κ2) is 8.53. The summed E-state index contributed by atoms with van der Waals surface area (Å²) in [6.07, 6.45) is 1.06. The van der Waals surface area contributed by atoms with Gasteiger partial charge in [0, 0.05) is 24.0 Å². The van der Waals surface area contributed by atoms with Crippen molar-refractivity contribution < 1.29 is 9.53 Å². The first-order valence-corrected chi connectivity index (χ1v) is 8.55. The van der Waals surface area contributed by atoms with Gasteiger partial charge < -0.3 is 14.6 Å². The Balaban J connectivity index is 1.60. The van der Waals surface area contributed by atoms with E-state index < -0.39 is 0 Å². The number of rotatable bonds is 8. The van der Waals surface area contributed by atoms with Gasteiger partial charge in [-0.05, 0) is 32.4 Å². The van der Waals surface area contributed by atoms with Gasteiger partial charge in [0.15, 0.2) is 0 Å². The van der Waals surface area contributed by atoms with Gasteiger partial charge in [-0.15, -0.1) is 0 Å². The second-order valence-electron chi connectivity index (χ2n) is 5.41. The van der Waals surface area contributed by atoms with Crippen LogP contribution in [-0.4, -0.2) is 23.6 Å². The number of thiazole rings is 1. The number of benzene rings is 1. The van der Waals surface area contributed by atoms with Crippen molar-refractivity contribution in [1.82, 2.24) is 9.88 Å². The molecule has 0 spiro atoms. The maximum atomic E-state index is 11.7. The number of ether oxygens (including phenoxy) is 1. The van der Waals surface area contributed by atoms with Gasteiger partial charge in [0.25, 0.3) is 0 Å². The van der Waals surface area contributed by atoms with Crippen LogP contribution in [0.25, 0.3) is 0 Å². The average Bonchev–Trinajstić information content (AvgIpc) is 2.85. The summed E-state index contributed by atoms with van der Waals surface area (Å²) in [5.74, 6) is 0.788. The Bertz CT molecular complexity index is 689. The number of nitrogens with zero attached hydrogens (tertiary/aromatic N) is 1. The number of nitrogens with one attached hydrogen (secondary N) is 1. The molecule has 0 atom stereocenters. The molecular formula is C17H22N2O3S. The fraction of sp³-hybridized carbons (Fsp3) is 0.412. The first-order valence-electron chi connectivity index (χ1n) is 7.67. The summed E-state index contributed by atoms with van der Waals surface area (Å²) in [5.41, 5.74) is 2.14. The quantitative estimate of drug-likeness (QED) is 0.755. The van der Waals surface area contributed by atoms with Gasteiger partial charge in [0.05, 0.1) is 6.54 Å². The van der Waals surface area contributed by atoms with Gasteiger partial charge in [0.2, 0.25) is 5.91 Å². The van der Waals surface area contributed by atoms with E-state index in [2.05, 4.69) is 5.32 Å². The standard InChI is InChI=1S/C17H22N2O3S/c1-13-5-7-15(8-6-13)22-11-9-18-16(20)4-3-10-19-14(2)12-23-17(19)21/h5-8,12H,3-4,9-11H2,1-2H3,(H,18,20). The fourth-order valence-corrected chi connectivity index (χ4v) is 2.92. The highest BCUT2D eigenvalue weighted by Crippen LogP contribution is 2.10. The Hall–Kier alpha value is -2.08. The molecule has 1 heterocycles. The zero-order chi connectivity index (χ0) is 16.7. The molecule has 2 aromatic rings. The highest BCUT2D eigenvalue weighted by molar-refractivity contribution is 7.07. The lowest BCUT2D eigenvalue weighted by Gasteiger charge is -2.08. The Labute approximate surface area is 139 Å². The maximum Gasteiger partial charge on any atom is 0.307 e. The van der Waals surface area contributed by atoms with Gasteiger partial charge in [-0.25, -0.2) is 0 Å². The fourth-order valence-electron chi connectivity index (χ4n) is 2.15. The molecule has 0 saturated carbocycles. The van der Waals surface area contributed by atoms with Crippen LogP contribution in [0.2, 0.25) is 0 Å². The van der Waals surface area contributed by atoms with E-state index in [0.29, 0.717) is 32.5 Å². The van der Waals surface area contributed by atoms with E-state index in [0.717, 1.165) is 11.4 Å². The van der Waals surface area contributed by atoms with E-state index in [9.17, 15) is 9.59 Å². The van der Waals surface area contributed by atoms with Crippen LogP contribution >= 0.6 is 11.3 Å². The summed E-state index contributed by atoms with van der Waals surface area (Å²) in [6.45, 7) is 5.43. The molecule has 0 saturated heterocycles.